The van der Waals surface area contributed by atoms with Crippen LogP contribution in [0.1, 0.15) is 49.9 Å². The quantitative estimate of drug-likeness (QED) is 0.432. The van der Waals surface area contributed by atoms with Gasteiger partial charge < -0.3 is 19.5 Å². The van der Waals surface area contributed by atoms with Gasteiger partial charge in [0.25, 0.3) is 5.91 Å². The maximum atomic E-state index is 12.3. The standard InChI is InChI=1S/C23H29NO5/c1-4-5-6-9-16-28-19-14-12-18(13-15-19)23(26)29-17(2)22(25)24-20-10-7-8-11-21(20)27-3/h7-8,10-15,17H,4-6,9,16H2,1-3H3,(H,24,25). The van der Waals surface area contributed by atoms with Crippen molar-refractivity contribution in [1.82, 2.24) is 0 Å². The van der Waals surface area contributed by atoms with Crippen LogP contribution in [0.4, 0.5) is 5.69 Å². The minimum absolute atomic E-state index is 0.361. The van der Waals surface area contributed by atoms with Crippen molar-refractivity contribution < 1.29 is 23.8 Å². The lowest BCUT2D eigenvalue weighted by atomic mass is 10.2. The summed E-state index contributed by atoms with van der Waals surface area (Å²) in [6.07, 6.45) is 3.59. The Labute approximate surface area is 172 Å². The first-order valence-corrected chi connectivity index (χ1v) is 9.93. The number of carbonyl (C=O) groups excluding carboxylic acids is 2. The molecule has 6 heteroatoms. The van der Waals surface area contributed by atoms with Crippen LogP contribution < -0.4 is 14.8 Å². The Morgan fingerprint density at radius 3 is 2.41 bits per heavy atom. The highest BCUT2D eigenvalue weighted by molar-refractivity contribution is 5.98. The van der Waals surface area contributed by atoms with Crippen LogP contribution in [0.25, 0.3) is 0 Å². The van der Waals surface area contributed by atoms with Gasteiger partial charge in [0, 0.05) is 0 Å². The van der Waals surface area contributed by atoms with Gasteiger partial charge in [-0.3, -0.25) is 4.79 Å². The summed E-state index contributed by atoms with van der Waals surface area (Å²) in [7, 11) is 1.52. The van der Waals surface area contributed by atoms with Gasteiger partial charge >= 0.3 is 5.97 Å². The highest BCUT2D eigenvalue weighted by atomic mass is 16.5. The Bertz CT molecular complexity index is 788. The van der Waals surface area contributed by atoms with E-state index in [0.29, 0.717) is 29.4 Å². The average Bonchev–Trinajstić information content (AvgIpc) is 2.74. The SMILES string of the molecule is CCCCCCOc1ccc(C(=O)OC(C)C(=O)Nc2ccccc2OC)cc1. The number of amides is 1. The molecule has 2 aromatic carbocycles. The molecule has 2 aromatic rings. The zero-order valence-corrected chi connectivity index (χ0v) is 17.3. The summed E-state index contributed by atoms with van der Waals surface area (Å²) in [5.74, 6) is 0.238. The van der Waals surface area contributed by atoms with E-state index in [1.165, 1.54) is 26.9 Å². The molecule has 1 N–H and O–H groups in total. The van der Waals surface area contributed by atoms with Crippen molar-refractivity contribution in [2.24, 2.45) is 0 Å². The number of hydrogen-bond donors (Lipinski definition) is 1. The molecule has 0 aliphatic heterocycles. The minimum Gasteiger partial charge on any atom is -0.495 e. The van der Waals surface area contributed by atoms with E-state index in [-0.39, 0.29) is 0 Å². The van der Waals surface area contributed by atoms with E-state index >= 15 is 0 Å². The number of ether oxygens (including phenoxy) is 3. The normalized spacial score (nSPS) is 11.4. The van der Waals surface area contributed by atoms with Gasteiger partial charge in [-0.05, 0) is 49.7 Å². The Morgan fingerprint density at radius 1 is 1.00 bits per heavy atom. The van der Waals surface area contributed by atoms with Crippen molar-refractivity contribution in [3.05, 3.63) is 54.1 Å². The van der Waals surface area contributed by atoms with E-state index in [1.807, 2.05) is 0 Å². The van der Waals surface area contributed by atoms with Gasteiger partial charge in [-0.2, -0.15) is 0 Å². The fraction of sp³-hybridized carbons (Fsp3) is 0.391. The van der Waals surface area contributed by atoms with Gasteiger partial charge in [0.2, 0.25) is 0 Å². The highest BCUT2D eigenvalue weighted by Crippen LogP contribution is 2.23. The summed E-state index contributed by atoms with van der Waals surface area (Å²) in [6, 6.07) is 13.8. The zero-order valence-electron chi connectivity index (χ0n) is 17.3. The van der Waals surface area contributed by atoms with E-state index in [4.69, 9.17) is 14.2 Å². The summed E-state index contributed by atoms with van der Waals surface area (Å²) in [4.78, 5) is 24.6. The molecule has 6 nitrogen and oxygen atoms in total. The molecule has 1 unspecified atom stereocenters. The molecule has 1 amide bonds. The van der Waals surface area contributed by atoms with Crippen molar-refractivity contribution in [2.45, 2.75) is 45.6 Å². The lowest BCUT2D eigenvalue weighted by Gasteiger charge is -2.15. The molecule has 2 rings (SSSR count). The van der Waals surface area contributed by atoms with Crippen LogP contribution in [0, 0.1) is 0 Å². The van der Waals surface area contributed by atoms with E-state index in [0.717, 1.165) is 12.8 Å². The molecular formula is C23H29NO5. The van der Waals surface area contributed by atoms with Gasteiger partial charge in [0.15, 0.2) is 6.10 Å². The average molecular weight is 399 g/mol. The Balaban J connectivity index is 1.84. The number of esters is 1. The summed E-state index contributed by atoms with van der Waals surface area (Å²) >= 11 is 0. The highest BCUT2D eigenvalue weighted by Gasteiger charge is 2.20. The largest absolute Gasteiger partial charge is 0.495 e. The van der Waals surface area contributed by atoms with E-state index in [9.17, 15) is 9.59 Å². The van der Waals surface area contributed by atoms with Gasteiger partial charge in [-0.15, -0.1) is 0 Å². The molecule has 0 fully saturated rings. The predicted molar refractivity (Wildman–Crippen MR) is 113 cm³/mol. The summed E-state index contributed by atoms with van der Waals surface area (Å²) < 4.78 is 16.1. The number of hydrogen-bond acceptors (Lipinski definition) is 5. The fourth-order valence-electron chi connectivity index (χ4n) is 2.67. The van der Waals surface area contributed by atoms with Crippen LogP contribution in [0.2, 0.25) is 0 Å². The number of nitrogens with one attached hydrogen (secondary N) is 1. The summed E-state index contributed by atoms with van der Waals surface area (Å²) in [5, 5.41) is 2.70. The molecule has 0 aromatic heterocycles. The molecule has 156 valence electrons. The van der Waals surface area contributed by atoms with Crippen LogP contribution in [-0.2, 0) is 9.53 Å². The number of anilines is 1. The summed E-state index contributed by atoms with van der Waals surface area (Å²) in [5.41, 5.74) is 0.878. The molecule has 0 aliphatic rings. The first kappa shape index (κ1) is 22.3. The van der Waals surface area contributed by atoms with Crippen molar-refractivity contribution in [3.63, 3.8) is 0 Å². The third-order valence-electron chi connectivity index (χ3n) is 4.37. The lowest BCUT2D eigenvalue weighted by molar-refractivity contribution is -0.123. The van der Waals surface area contributed by atoms with Crippen LogP contribution in [-0.4, -0.2) is 31.7 Å². The number of rotatable bonds is 11. The van der Waals surface area contributed by atoms with Crippen molar-refractivity contribution in [3.8, 4) is 11.5 Å². The van der Waals surface area contributed by atoms with Gasteiger partial charge in [-0.1, -0.05) is 38.3 Å². The first-order valence-electron chi connectivity index (χ1n) is 9.93. The van der Waals surface area contributed by atoms with E-state index in [2.05, 4.69) is 12.2 Å². The van der Waals surface area contributed by atoms with Crippen molar-refractivity contribution >= 4 is 17.6 Å². The maximum Gasteiger partial charge on any atom is 0.338 e. The molecular weight excluding hydrogens is 370 g/mol. The molecule has 0 saturated carbocycles. The molecule has 0 heterocycles. The molecule has 0 radical (unpaired) electrons. The second kappa shape index (κ2) is 11.7. The minimum atomic E-state index is -0.957. The first-order chi connectivity index (χ1) is 14.0. The smallest absolute Gasteiger partial charge is 0.338 e. The van der Waals surface area contributed by atoms with Crippen LogP contribution in [0.5, 0.6) is 11.5 Å². The molecule has 29 heavy (non-hydrogen) atoms. The zero-order chi connectivity index (χ0) is 21.1. The third kappa shape index (κ3) is 7.14. The van der Waals surface area contributed by atoms with Crippen molar-refractivity contribution in [1.29, 1.82) is 0 Å². The Hall–Kier alpha value is -3.02. The van der Waals surface area contributed by atoms with E-state index < -0.39 is 18.0 Å². The van der Waals surface area contributed by atoms with Gasteiger partial charge in [0.1, 0.15) is 11.5 Å². The number of para-hydroxylation sites is 2. The van der Waals surface area contributed by atoms with Crippen LogP contribution in [0.15, 0.2) is 48.5 Å². The number of unbranched alkanes of at least 4 members (excludes halogenated alkanes) is 3. The summed E-state index contributed by atoms with van der Waals surface area (Å²) in [6.45, 7) is 4.35. The molecule has 1 atom stereocenters. The second-order valence-corrected chi connectivity index (χ2v) is 6.67. The van der Waals surface area contributed by atoms with Crippen molar-refractivity contribution in [2.75, 3.05) is 19.0 Å². The molecule has 0 saturated heterocycles. The fourth-order valence-corrected chi connectivity index (χ4v) is 2.67. The number of carbonyl (C=O) groups is 2. The van der Waals surface area contributed by atoms with E-state index in [1.54, 1.807) is 48.5 Å². The third-order valence-corrected chi connectivity index (χ3v) is 4.37. The van der Waals surface area contributed by atoms with Crippen LogP contribution in [0.3, 0.4) is 0 Å². The number of methoxy groups -OCH3 is 1. The monoisotopic (exact) mass is 399 g/mol. The topological polar surface area (TPSA) is 73.9 Å². The Morgan fingerprint density at radius 2 is 1.72 bits per heavy atom. The second-order valence-electron chi connectivity index (χ2n) is 6.67. The Kier molecular flexibility index (Phi) is 9.02. The lowest BCUT2D eigenvalue weighted by Crippen LogP contribution is -2.30. The molecule has 0 bridgehead atoms. The van der Waals surface area contributed by atoms with Gasteiger partial charge in [0.05, 0.1) is 25.0 Å². The molecule has 0 aliphatic carbocycles. The molecule has 0 spiro atoms. The van der Waals surface area contributed by atoms with Gasteiger partial charge in [-0.25, -0.2) is 4.79 Å². The number of benzene rings is 2. The van der Waals surface area contributed by atoms with Crippen LogP contribution >= 0.6 is 0 Å². The predicted octanol–water partition coefficient (Wildman–Crippen LogP) is 4.84. The maximum absolute atomic E-state index is 12.3.